The fraction of sp³-hybridized carbons (Fsp3) is 0.462. The van der Waals surface area contributed by atoms with Gasteiger partial charge in [-0.15, -0.1) is 0 Å². The molecule has 0 spiro atoms. The molecule has 1 fully saturated rings. The van der Waals surface area contributed by atoms with Crippen LogP contribution >= 0.6 is 0 Å². The molecule has 3 N–H and O–H groups in total. The van der Waals surface area contributed by atoms with Crippen molar-refractivity contribution in [2.45, 2.75) is 17.7 Å². The lowest BCUT2D eigenvalue weighted by Crippen LogP contribution is -2.35. The Kier molecular flexibility index (Phi) is 5.16. The van der Waals surface area contributed by atoms with Crippen LogP contribution in [0.1, 0.15) is 12.8 Å². The van der Waals surface area contributed by atoms with Crippen molar-refractivity contribution < 1.29 is 22.5 Å². The SMILES string of the molecule is O=C(NCC1CCOCC1)Nc1cccc(S(=O)(=O)O)c1. The number of nitrogens with one attached hydrogen (secondary N) is 2. The summed E-state index contributed by atoms with van der Waals surface area (Å²) >= 11 is 0. The van der Waals surface area contributed by atoms with Crippen molar-refractivity contribution in [1.82, 2.24) is 5.32 Å². The molecule has 0 aromatic heterocycles. The second-order valence-electron chi connectivity index (χ2n) is 4.89. The van der Waals surface area contributed by atoms with E-state index in [9.17, 15) is 13.2 Å². The summed E-state index contributed by atoms with van der Waals surface area (Å²) in [5.74, 6) is 0.397. The van der Waals surface area contributed by atoms with Gasteiger partial charge in [0.25, 0.3) is 10.1 Å². The van der Waals surface area contributed by atoms with Crippen LogP contribution in [0.4, 0.5) is 10.5 Å². The predicted octanol–water partition coefficient (Wildman–Crippen LogP) is 1.48. The Morgan fingerprint density at radius 2 is 2.05 bits per heavy atom. The van der Waals surface area contributed by atoms with E-state index in [-0.39, 0.29) is 4.90 Å². The number of urea groups is 1. The largest absolute Gasteiger partial charge is 0.381 e. The lowest BCUT2D eigenvalue weighted by Gasteiger charge is -2.22. The number of carbonyl (C=O) groups is 1. The van der Waals surface area contributed by atoms with E-state index in [0.29, 0.717) is 31.4 Å². The van der Waals surface area contributed by atoms with Crippen molar-refractivity contribution in [1.29, 1.82) is 0 Å². The molecule has 8 heteroatoms. The number of rotatable bonds is 4. The number of hydrogen-bond acceptors (Lipinski definition) is 4. The van der Waals surface area contributed by atoms with Crippen molar-refractivity contribution in [3.63, 3.8) is 0 Å². The van der Waals surface area contributed by atoms with E-state index in [1.54, 1.807) is 6.07 Å². The summed E-state index contributed by atoms with van der Waals surface area (Å²) in [7, 11) is -4.28. The molecule has 1 aromatic carbocycles. The van der Waals surface area contributed by atoms with Crippen LogP contribution in [0.25, 0.3) is 0 Å². The summed E-state index contributed by atoms with van der Waals surface area (Å²) < 4.78 is 36.2. The maximum absolute atomic E-state index is 11.8. The Balaban J connectivity index is 1.87. The number of anilines is 1. The minimum absolute atomic E-state index is 0.260. The van der Waals surface area contributed by atoms with E-state index in [2.05, 4.69) is 10.6 Å². The van der Waals surface area contributed by atoms with Gasteiger partial charge in [-0.25, -0.2) is 4.79 Å². The Morgan fingerprint density at radius 1 is 1.33 bits per heavy atom. The molecule has 116 valence electrons. The highest BCUT2D eigenvalue weighted by Crippen LogP contribution is 2.15. The zero-order valence-electron chi connectivity index (χ0n) is 11.4. The first-order valence-corrected chi connectivity index (χ1v) is 8.09. The quantitative estimate of drug-likeness (QED) is 0.730. The summed E-state index contributed by atoms with van der Waals surface area (Å²) in [6.45, 7) is 1.97. The van der Waals surface area contributed by atoms with Gasteiger partial charge < -0.3 is 15.4 Å². The summed E-state index contributed by atoms with van der Waals surface area (Å²) in [4.78, 5) is 11.5. The van der Waals surface area contributed by atoms with Gasteiger partial charge in [-0.3, -0.25) is 4.55 Å². The number of amides is 2. The first kappa shape index (κ1) is 15.7. The van der Waals surface area contributed by atoms with Crippen molar-refractivity contribution in [3.8, 4) is 0 Å². The molecule has 0 bridgehead atoms. The van der Waals surface area contributed by atoms with Gasteiger partial charge in [0.1, 0.15) is 0 Å². The Morgan fingerprint density at radius 3 is 2.71 bits per heavy atom. The second kappa shape index (κ2) is 6.88. The Hall–Kier alpha value is -1.64. The Bertz CT molecular complexity index is 596. The van der Waals surface area contributed by atoms with E-state index < -0.39 is 16.1 Å². The summed E-state index contributed by atoms with van der Waals surface area (Å²) in [5.41, 5.74) is 0.301. The third-order valence-electron chi connectivity index (χ3n) is 3.28. The van der Waals surface area contributed by atoms with Gasteiger partial charge in [-0.05, 0) is 37.0 Å². The van der Waals surface area contributed by atoms with Crippen LogP contribution in [0.2, 0.25) is 0 Å². The van der Waals surface area contributed by atoms with Gasteiger partial charge >= 0.3 is 6.03 Å². The highest BCUT2D eigenvalue weighted by atomic mass is 32.2. The van der Waals surface area contributed by atoms with E-state index in [0.717, 1.165) is 12.8 Å². The van der Waals surface area contributed by atoms with Crippen molar-refractivity contribution in [3.05, 3.63) is 24.3 Å². The second-order valence-corrected chi connectivity index (χ2v) is 6.32. The number of ether oxygens (including phenoxy) is 1. The lowest BCUT2D eigenvalue weighted by atomic mass is 10.0. The van der Waals surface area contributed by atoms with E-state index >= 15 is 0 Å². The van der Waals surface area contributed by atoms with Crippen LogP contribution in [0.3, 0.4) is 0 Å². The highest BCUT2D eigenvalue weighted by molar-refractivity contribution is 7.85. The lowest BCUT2D eigenvalue weighted by molar-refractivity contribution is 0.0671. The number of hydrogen-bond donors (Lipinski definition) is 3. The van der Waals surface area contributed by atoms with E-state index in [4.69, 9.17) is 9.29 Å². The molecule has 1 aliphatic rings. The smallest absolute Gasteiger partial charge is 0.319 e. The molecule has 0 aliphatic carbocycles. The molecular formula is C13H18N2O5S. The molecule has 1 aliphatic heterocycles. The molecule has 7 nitrogen and oxygen atoms in total. The van der Waals surface area contributed by atoms with Crippen molar-refractivity contribution >= 4 is 21.8 Å². The third-order valence-corrected chi connectivity index (χ3v) is 4.13. The topological polar surface area (TPSA) is 105 Å². The van der Waals surface area contributed by atoms with Crippen LogP contribution in [-0.4, -0.2) is 38.8 Å². The molecule has 0 unspecified atom stereocenters. The minimum atomic E-state index is -4.28. The summed E-state index contributed by atoms with van der Waals surface area (Å²) in [6, 6.07) is 5.03. The van der Waals surface area contributed by atoms with Gasteiger partial charge in [0, 0.05) is 25.4 Å². The molecule has 21 heavy (non-hydrogen) atoms. The van der Waals surface area contributed by atoms with Crippen LogP contribution in [-0.2, 0) is 14.9 Å². The first-order chi connectivity index (χ1) is 9.95. The van der Waals surface area contributed by atoms with Gasteiger partial charge in [-0.1, -0.05) is 6.07 Å². The fourth-order valence-electron chi connectivity index (χ4n) is 2.10. The van der Waals surface area contributed by atoms with Crippen molar-refractivity contribution in [2.75, 3.05) is 25.1 Å². The predicted molar refractivity (Wildman–Crippen MR) is 76.8 cm³/mol. The van der Waals surface area contributed by atoms with E-state index in [1.165, 1.54) is 18.2 Å². The molecule has 1 aromatic rings. The average molecular weight is 314 g/mol. The van der Waals surface area contributed by atoms with Gasteiger partial charge in [0.05, 0.1) is 4.90 Å². The highest BCUT2D eigenvalue weighted by Gasteiger charge is 2.15. The van der Waals surface area contributed by atoms with Crippen LogP contribution in [0.5, 0.6) is 0 Å². The normalized spacial score (nSPS) is 16.4. The zero-order valence-corrected chi connectivity index (χ0v) is 12.2. The fourth-order valence-corrected chi connectivity index (χ4v) is 2.62. The van der Waals surface area contributed by atoms with Crippen molar-refractivity contribution in [2.24, 2.45) is 5.92 Å². The number of carbonyl (C=O) groups excluding carboxylic acids is 1. The standard InChI is InChI=1S/C13H18N2O5S/c16-13(14-9-10-4-6-20-7-5-10)15-11-2-1-3-12(8-11)21(17,18)19/h1-3,8,10H,4-7,9H2,(H2,14,15,16)(H,17,18,19). The molecular weight excluding hydrogens is 296 g/mol. The van der Waals surface area contributed by atoms with Crippen LogP contribution in [0.15, 0.2) is 29.2 Å². The van der Waals surface area contributed by atoms with Crippen LogP contribution in [0, 0.1) is 5.92 Å². The molecule has 1 heterocycles. The number of benzene rings is 1. The molecule has 1 saturated heterocycles. The zero-order chi connectivity index (χ0) is 15.3. The van der Waals surface area contributed by atoms with Gasteiger partial charge in [-0.2, -0.15) is 8.42 Å². The Labute approximate surface area is 123 Å². The molecule has 2 amide bonds. The molecule has 0 saturated carbocycles. The molecule has 2 rings (SSSR count). The average Bonchev–Trinajstić information content (AvgIpc) is 2.46. The maximum Gasteiger partial charge on any atom is 0.319 e. The van der Waals surface area contributed by atoms with Crippen LogP contribution < -0.4 is 10.6 Å². The van der Waals surface area contributed by atoms with Gasteiger partial charge in [0.2, 0.25) is 0 Å². The minimum Gasteiger partial charge on any atom is -0.381 e. The first-order valence-electron chi connectivity index (χ1n) is 6.65. The van der Waals surface area contributed by atoms with Gasteiger partial charge in [0.15, 0.2) is 0 Å². The summed E-state index contributed by atoms with van der Waals surface area (Å²) in [5, 5.41) is 5.28. The monoisotopic (exact) mass is 314 g/mol. The van der Waals surface area contributed by atoms with E-state index in [1.807, 2.05) is 0 Å². The molecule has 0 atom stereocenters. The maximum atomic E-state index is 11.8. The molecule has 0 radical (unpaired) electrons. The third kappa shape index (κ3) is 5.00. The summed E-state index contributed by atoms with van der Waals surface area (Å²) in [6.07, 6.45) is 1.83.